The lowest BCUT2D eigenvalue weighted by Gasteiger charge is -2.05. The minimum Gasteiger partial charge on any atom is -0.392 e. The minimum absolute atomic E-state index is 0.0488. The second-order valence-corrected chi connectivity index (χ2v) is 4.66. The van der Waals surface area contributed by atoms with Gasteiger partial charge in [0.05, 0.1) is 24.9 Å². The minimum atomic E-state index is 0.0488. The Kier molecular flexibility index (Phi) is 3.01. The average molecular weight is 253 g/mol. The van der Waals surface area contributed by atoms with Gasteiger partial charge in [0.15, 0.2) is 0 Å². The van der Waals surface area contributed by atoms with Crippen LogP contribution in [-0.2, 0) is 13.2 Å². The van der Waals surface area contributed by atoms with E-state index in [0.717, 1.165) is 27.7 Å². The molecular formula is C15H15N3O. The predicted molar refractivity (Wildman–Crippen MR) is 73.7 cm³/mol. The number of hydrogen-bond donors (Lipinski definition) is 1. The molecule has 0 saturated carbocycles. The third kappa shape index (κ3) is 2.35. The molecular weight excluding hydrogens is 238 g/mol. The van der Waals surface area contributed by atoms with Gasteiger partial charge in [-0.3, -0.25) is 9.67 Å². The largest absolute Gasteiger partial charge is 0.392 e. The number of aliphatic hydroxyl groups excluding tert-OH is 1. The van der Waals surface area contributed by atoms with Crippen molar-refractivity contribution in [1.82, 2.24) is 14.8 Å². The lowest BCUT2D eigenvalue weighted by molar-refractivity contribution is 0.282. The molecule has 0 aliphatic rings. The summed E-state index contributed by atoms with van der Waals surface area (Å²) in [5.74, 6) is 0. The summed E-state index contributed by atoms with van der Waals surface area (Å²) in [6.07, 6.45) is 3.72. The first-order chi connectivity index (χ1) is 9.26. The normalized spacial score (nSPS) is 11.1. The summed E-state index contributed by atoms with van der Waals surface area (Å²) in [5.41, 5.74) is 4.06. The molecule has 0 radical (unpaired) electrons. The molecule has 3 aromatic rings. The molecule has 3 rings (SSSR count). The summed E-state index contributed by atoms with van der Waals surface area (Å²) in [6, 6.07) is 9.94. The van der Waals surface area contributed by atoms with Crippen molar-refractivity contribution in [2.45, 2.75) is 20.1 Å². The summed E-state index contributed by atoms with van der Waals surface area (Å²) in [5, 5.41) is 14.7. The molecule has 1 N–H and O–H groups in total. The summed E-state index contributed by atoms with van der Waals surface area (Å²) in [7, 11) is 0. The maximum absolute atomic E-state index is 9.21. The molecule has 0 aliphatic carbocycles. The summed E-state index contributed by atoms with van der Waals surface area (Å²) in [4.78, 5) is 4.29. The van der Waals surface area contributed by atoms with E-state index < -0.39 is 0 Å². The fraction of sp³-hybridized carbons (Fsp3) is 0.200. The van der Waals surface area contributed by atoms with E-state index in [9.17, 15) is 5.11 Å². The van der Waals surface area contributed by atoms with E-state index in [-0.39, 0.29) is 6.61 Å². The van der Waals surface area contributed by atoms with Crippen LogP contribution < -0.4 is 0 Å². The van der Waals surface area contributed by atoms with Gasteiger partial charge >= 0.3 is 0 Å². The molecule has 0 fully saturated rings. The lowest BCUT2D eigenvalue weighted by atomic mass is 10.2. The van der Waals surface area contributed by atoms with E-state index in [1.807, 2.05) is 48.3 Å². The first-order valence-electron chi connectivity index (χ1n) is 6.23. The maximum atomic E-state index is 9.21. The zero-order chi connectivity index (χ0) is 13.2. The molecule has 0 unspecified atom stereocenters. The van der Waals surface area contributed by atoms with Crippen LogP contribution in [0.15, 0.2) is 42.7 Å². The van der Waals surface area contributed by atoms with E-state index in [4.69, 9.17) is 0 Å². The Labute approximate surface area is 111 Å². The number of pyridine rings is 1. The first kappa shape index (κ1) is 11.9. The first-order valence-corrected chi connectivity index (χ1v) is 6.23. The molecule has 4 heteroatoms. The van der Waals surface area contributed by atoms with Gasteiger partial charge in [0.25, 0.3) is 0 Å². The lowest BCUT2D eigenvalue weighted by Crippen LogP contribution is -2.02. The van der Waals surface area contributed by atoms with Crippen LogP contribution in [0.3, 0.4) is 0 Å². The third-order valence-electron chi connectivity index (χ3n) is 3.20. The highest BCUT2D eigenvalue weighted by Crippen LogP contribution is 2.17. The Balaban J connectivity index is 1.98. The molecule has 0 amide bonds. The van der Waals surface area contributed by atoms with Crippen LogP contribution in [0, 0.1) is 6.92 Å². The standard InChI is InChI=1S/C15H15N3O/c1-11-2-3-13(7-16-11)9-18-15-6-12(10-19)4-5-14(15)8-17-18/h2-8,19H,9-10H2,1H3. The Hall–Kier alpha value is -2.20. The second-order valence-electron chi connectivity index (χ2n) is 4.66. The maximum Gasteiger partial charge on any atom is 0.0690 e. The van der Waals surface area contributed by atoms with Crippen molar-refractivity contribution in [3.8, 4) is 0 Å². The summed E-state index contributed by atoms with van der Waals surface area (Å²) >= 11 is 0. The average Bonchev–Trinajstić information content (AvgIpc) is 2.84. The predicted octanol–water partition coefficient (Wildman–Crippen LogP) is 2.28. The second kappa shape index (κ2) is 4.82. The summed E-state index contributed by atoms with van der Waals surface area (Å²) < 4.78 is 1.93. The number of hydrogen-bond acceptors (Lipinski definition) is 3. The van der Waals surface area contributed by atoms with Crippen LogP contribution in [0.25, 0.3) is 10.9 Å². The van der Waals surface area contributed by atoms with Crippen molar-refractivity contribution in [2.75, 3.05) is 0 Å². The van der Waals surface area contributed by atoms with Gasteiger partial charge in [-0.1, -0.05) is 18.2 Å². The molecule has 96 valence electrons. The van der Waals surface area contributed by atoms with Gasteiger partial charge in [0.1, 0.15) is 0 Å². The molecule has 4 nitrogen and oxygen atoms in total. The van der Waals surface area contributed by atoms with Gasteiger partial charge in [0.2, 0.25) is 0 Å². The zero-order valence-electron chi connectivity index (χ0n) is 10.7. The van der Waals surface area contributed by atoms with Gasteiger partial charge in [-0.15, -0.1) is 0 Å². The van der Waals surface area contributed by atoms with Gasteiger partial charge in [-0.25, -0.2) is 0 Å². The zero-order valence-corrected chi connectivity index (χ0v) is 10.7. The molecule has 1 aromatic carbocycles. The topological polar surface area (TPSA) is 50.9 Å². The summed E-state index contributed by atoms with van der Waals surface area (Å²) in [6.45, 7) is 2.71. The fourth-order valence-electron chi connectivity index (χ4n) is 2.11. The quantitative estimate of drug-likeness (QED) is 0.779. The van der Waals surface area contributed by atoms with E-state index in [2.05, 4.69) is 16.1 Å². The molecule has 0 saturated heterocycles. The molecule has 0 bridgehead atoms. The highest BCUT2D eigenvalue weighted by atomic mass is 16.3. The Morgan fingerprint density at radius 2 is 1.95 bits per heavy atom. The number of benzene rings is 1. The van der Waals surface area contributed by atoms with E-state index in [0.29, 0.717) is 6.54 Å². The van der Waals surface area contributed by atoms with E-state index in [1.54, 1.807) is 0 Å². The molecule has 2 aromatic heterocycles. The van der Waals surface area contributed by atoms with Crippen LogP contribution in [0.2, 0.25) is 0 Å². The number of aromatic nitrogens is 3. The third-order valence-corrected chi connectivity index (χ3v) is 3.20. The number of nitrogens with zero attached hydrogens (tertiary/aromatic N) is 3. The van der Waals surface area contributed by atoms with Crippen molar-refractivity contribution in [3.63, 3.8) is 0 Å². The number of aryl methyl sites for hydroxylation is 1. The van der Waals surface area contributed by atoms with Crippen LogP contribution in [0.1, 0.15) is 16.8 Å². The Morgan fingerprint density at radius 1 is 1.11 bits per heavy atom. The highest BCUT2D eigenvalue weighted by Gasteiger charge is 2.04. The molecule has 0 aliphatic heterocycles. The van der Waals surface area contributed by atoms with Gasteiger partial charge < -0.3 is 5.11 Å². The van der Waals surface area contributed by atoms with Gasteiger partial charge in [-0.2, -0.15) is 5.10 Å². The molecule has 19 heavy (non-hydrogen) atoms. The van der Waals surface area contributed by atoms with Crippen LogP contribution in [-0.4, -0.2) is 19.9 Å². The smallest absolute Gasteiger partial charge is 0.0690 e. The number of aliphatic hydroxyl groups is 1. The van der Waals surface area contributed by atoms with Crippen molar-refractivity contribution < 1.29 is 5.11 Å². The van der Waals surface area contributed by atoms with Crippen molar-refractivity contribution in [1.29, 1.82) is 0 Å². The number of fused-ring (bicyclic) bond motifs is 1. The van der Waals surface area contributed by atoms with Crippen molar-refractivity contribution in [3.05, 3.63) is 59.5 Å². The fourth-order valence-corrected chi connectivity index (χ4v) is 2.11. The van der Waals surface area contributed by atoms with E-state index in [1.165, 1.54) is 0 Å². The monoisotopic (exact) mass is 253 g/mol. The van der Waals surface area contributed by atoms with E-state index >= 15 is 0 Å². The van der Waals surface area contributed by atoms with Crippen molar-refractivity contribution >= 4 is 10.9 Å². The highest BCUT2D eigenvalue weighted by molar-refractivity contribution is 5.79. The van der Waals surface area contributed by atoms with Crippen LogP contribution in [0.5, 0.6) is 0 Å². The SMILES string of the molecule is Cc1ccc(Cn2ncc3ccc(CO)cc32)cn1. The van der Waals surface area contributed by atoms with Crippen LogP contribution in [0.4, 0.5) is 0 Å². The van der Waals surface area contributed by atoms with Gasteiger partial charge in [0, 0.05) is 17.3 Å². The Bertz CT molecular complexity index is 701. The molecule has 0 atom stereocenters. The molecule has 0 spiro atoms. The van der Waals surface area contributed by atoms with Crippen LogP contribution >= 0.6 is 0 Å². The Morgan fingerprint density at radius 3 is 2.68 bits per heavy atom. The van der Waals surface area contributed by atoms with Gasteiger partial charge in [-0.05, 0) is 30.2 Å². The molecule has 2 heterocycles. The van der Waals surface area contributed by atoms with Crippen molar-refractivity contribution in [2.24, 2.45) is 0 Å². The number of rotatable bonds is 3.